The molecule has 2 atom stereocenters. The number of nitro groups is 1. The monoisotopic (exact) mass is 525 g/mol. The molecule has 2 aromatic rings. The number of ether oxygens (including phenoxy) is 2. The smallest absolute Gasteiger partial charge is 0.340 e. The Hall–Kier alpha value is -4.25. The molecule has 0 spiro atoms. The van der Waals surface area contributed by atoms with Gasteiger partial charge in [-0.15, -0.1) is 0 Å². The number of nitrogens with zero attached hydrogens (tertiary/aromatic N) is 2. The van der Waals surface area contributed by atoms with Crippen molar-refractivity contribution in [1.82, 2.24) is 10.2 Å². The van der Waals surface area contributed by atoms with Gasteiger partial charge in [0.15, 0.2) is 5.88 Å². The number of methoxy groups -OCH3 is 1. The Morgan fingerprint density at radius 2 is 1.92 bits per heavy atom. The zero-order valence-corrected chi connectivity index (χ0v) is 21.0. The van der Waals surface area contributed by atoms with Gasteiger partial charge < -0.3 is 19.9 Å². The number of non-ortho nitro benzene ring substituents is 1. The normalized spacial score (nSPS) is 20.1. The van der Waals surface area contributed by atoms with Crippen molar-refractivity contribution in [3.63, 3.8) is 0 Å². The van der Waals surface area contributed by atoms with Crippen molar-refractivity contribution in [1.29, 1.82) is 0 Å². The Morgan fingerprint density at radius 1 is 1.18 bits per heavy atom. The van der Waals surface area contributed by atoms with E-state index in [1.165, 1.54) is 36.4 Å². The lowest BCUT2D eigenvalue weighted by atomic mass is 9.81. The van der Waals surface area contributed by atoms with Gasteiger partial charge in [0.1, 0.15) is 17.5 Å². The highest BCUT2D eigenvalue weighted by Crippen LogP contribution is 2.40. The summed E-state index contributed by atoms with van der Waals surface area (Å²) in [6.07, 6.45) is 0.944. The van der Waals surface area contributed by atoms with Crippen LogP contribution in [0, 0.1) is 15.9 Å². The highest BCUT2D eigenvalue weighted by atomic mass is 19.1. The predicted octanol–water partition coefficient (Wildman–Crippen LogP) is 3.85. The fraction of sp³-hybridized carbons (Fsp3) is 0.333. The molecule has 0 bridgehead atoms. The molecule has 1 saturated heterocycles. The number of aliphatic hydroxyl groups is 1. The van der Waals surface area contributed by atoms with Crippen molar-refractivity contribution in [2.24, 2.45) is 0 Å². The average Bonchev–Trinajstić information content (AvgIpc) is 2.89. The minimum Gasteiger partial charge on any atom is -0.494 e. The maximum Gasteiger partial charge on any atom is 0.340 e. The van der Waals surface area contributed by atoms with Crippen molar-refractivity contribution < 1.29 is 33.5 Å². The third-order valence-electron chi connectivity index (χ3n) is 6.64. The lowest BCUT2D eigenvalue weighted by molar-refractivity contribution is -0.384. The zero-order chi connectivity index (χ0) is 27.4. The third kappa shape index (κ3) is 5.83. The second-order valence-electron chi connectivity index (χ2n) is 9.23. The number of hydrogen-bond donors (Lipinski definition) is 2. The van der Waals surface area contributed by atoms with Crippen molar-refractivity contribution in [2.75, 3.05) is 20.2 Å². The molecule has 1 fully saturated rings. The fourth-order valence-corrected chi connectivity index (χ4v) is 4.87. The van der Waals surface area contributed by atoms with Gasteiger partial charge in [-0.1, -0.05) is 24.3 Å². The van der Waals surface area contributed by atoms with Crippen LogP contribution in [0.1, 0.15) is 36.8 Å². The maximum absolute atomic E-state index is 13.6. The van der Waals surface area contributed by atoms with Crippen LogP contribution in [0.15, 0.2) is 71.3 Å². The maximum atomic E-state index is 13.6. The van der Waals surface area contributed by atoms with E-state index in [2.05, 4.69) is 10.2 Å². The topological polar surface area (TPSA) is 131 Å². The van der Waals surface area contributed by atoms with Gasteiger partial charge in [0.25, 0.3) is 5.69 Å². The minimum atomic E-state index is -1.16. The number of nitrogens with one attached hydrogen (secondary N) is 1. The van der Waals surface area contributed by atoms with E-state index in [9.17, 15) is 29.2 Å². The number of piperidine rings is 1. The second-order valence-corrected chi connectivity index (χ2v) is 9.23. The van der Waals surface area contributed by atoms with Crippen LogP contribution in [0.2, 0.25) is 0 Å². The van der Waals surface area contributed by atoms with Crippen LogP contribution in [-0.4, -0.2) is 53.2 Å². The molecule has 10 nitrogen and oxygen atoms in total. The molecular formula is C27H28FN3O7. The molecule has 0 aromatic heterocycles. The first-order valence-corrected chi connectivity index (χ1v) is 12.1. The summed E-state index contributed by atoms with van der Waals surface area (Å²) in [7, 11) is 1.13. The van der Waals surface area contributed by atoms with Gasteiger partial charge >= 0.3 is 11.9 Å². The number of likely N-dealkylation sites (tertiary alicyclic amines) is 1. The molecule has 0 saturated carbocycles. The quantitative estimate of drug-likeness (QED) is 0.314. The summed E-state index contributed by atoms with van der Waals surface area (Å²) in [5.41, 5.74) is 0.976. The van der Waals surface area contributed by atoms with Crippen LogP contribution >= 0.6 is 0 Å². The molecule has 0 amide bonds. The summed E-state index contributed by atoms with van der Waals surface area (Å²) in [5, 5.41) is 24.6. The first kappa shape index (κ1) is 26.8. The molecule has 4 rings (SSSR count). The fourth-order valence-electron chi connectivity index (χ4n) is 4.87. The number of allylic oxidation sites excluding steroid dienone is 1. The van der Waals surface area contributed by atoms with Crippen molar-refractivity contribution in [3.8, 4) is 0 Å². The predicted molar refractivity (Wildman–Crippen MR) is 134 cm³/mol. The first-order valence-electron chi connectivity index (χ1n) is 12.1. The highest BCUT2D eigenvalue weighted by molar-refractivity contribution is 5.99. The summed E-state index contributed by atoms with van der Waals surface area (Å²) in [6, 6.07) is 11.7. The zero-order valence-electron chi connectivity index (χ0n) is 21.0. The van der Waals surface area contributed by atoms with Gasteiger partial charge in [-0.25, -0.2) is 14.0 Å². The molecule has 0 radical (unpaired) electrons. The number of nitro benzene ring substituents is 1. The number of aliphatic hydroxyl groups excluding tert-OH is 1. The summed E-state index contributed by atoms with van der Waals surface area (Å²) in [6.45, 7) is 3.35. The van der Waals surface area contributed by atoms with Gasteiger partial charge in [0.2, 0.25) is 0 Å². The van der Waals surface area contributed by atoms with E-state index >= 15 is 0 Å². The van der Waals surface area contributed by atoms with Gasteiger partial charge in [-0.05, 0) is 49.6 Å². The number of benzene rings is 2. The molecule has 2 aromatic carbocycles. The molecule has 2 unspecified atom stereocenters. The summed E-state index contributed by atoms with van der Waals surface area (Å²) in [5.74, 6) is -3.59. The van der Waals surface area contributed by atoms with E-state index in [-0.39, 0.29) is 33.9 Å². The number of dihydropyridines is 1. The number of esters is 2. The number of carbonyl (C=O) groups is 2. The van der Waals surface area contributed by atoms with Crippen LogP contribution in [-0.2, 0) is 25.6 Å². The summed E-state index contributed by atoms with van der Waals surface area (Å²) < 4.78 is 24.0. The van der Waals surface area contributed by atoms with Crippen molar-refractivity contribution >= 4 is 17.6 Å². The van der Waals surface area contributed by atoms with Gasteiger partial charge in [0.05, 0.1) is 23.5 Å². The largest absolute Gasteiger partial charge is 0.494 e. The lowest BCUT2D eigenvalue weighted by Gasteiger charge is -2.34. The van der Waals surface area contributed by atoms with Gasteiger partial charge in [-0.2, -0.15) is 0 Å². The molecule has 2 aliphatic heterocycles. The van der Waals surface area contributed by atoms with Crippen LogP contribution in [0.3, 0.4) is 0 Å². The van der Waals surface area contributed by atoms with E-state index in [1.807, 2.05) is 0 Å². The Kier molecular flexibility index (Phi) is 8.06. The second kappa shape index (κ2) is 11.4. The molecule has 2 aliphatic rings. The SMILES string of the molecule is COC(=O)C1=C(O)NC(C)=C(C(=O)OC2CCCN(Cc3ccc(F)cc3)C2)C1c1cccc([N+](=O)[O-])c1. The third-order valence-corrected chi connectivity index (χ3v) is 6.64. The molecule has 11 heteroatoms. The van der Waals surface area contributed by atoms with Crippen LogP contribution < -0.4 is 5.32 Å². The molecule has 0 aliphatic carbocycles. The molecule has 38 heavy (non-hydrogen) atoms. The standard InChI is InChI=1S/C27H28FN3O7/c1-16-22(27(34)38-21-7-4-12-30(15-21)14-17-8-10-19(28)11-9-17)23(24(25(32)29-16)26(33)37-2)18-5-3-6-20(13-18)31(35)36/h3,5-6,8-11,13,21,23,29,32H,4,7,12,14-15H2,1-2H3. The molecule has 2 heterocycles. The van der Waals surface area contributed by atoms with Crippen molar-refractivity contribution in [2.45, 2.75) is 38.3 Å². The average molecular weight is 526 g/mol. The van der Waals surface area contributed by atoms with Crippen molar-refractivity contribution in [3.05, 3.63) is 98.3 Å². The van der Waals surface area contributed by atoms with Gasteiger partial charge in [0, 0.05) is 30.9 Å². The summed E-state index contributed by atoms with van der Waals surface area (Å²) in [4.78, 5) is 39.2. The Bertz CT molecular complexity index is 1310. The van der Waals surface area contributed by atoms with E-state index in [4.69, 9.17) is 9.47 Å². The number of hydrogen-bond acceptors (Lipinski definition) is 9. The van der Waals surface area contributed by atoms with Crippen LogP contribution in [0.4, 0.5) is 10.1 Å². The Labute approximate surface area is 218 Å². The Balaban J connectivity index is 1.60. The van der Waals surface area contributed by atoms with E-state index in [0.29, 0.717) is 19.5 Å². The number of rotatable bonds is 7. The number of carbonyl (C=O) groups excluding carboxylic acids is 2. The highest BCUT2D eigenvalue weighted by Gasteiger charge is 2.40. The van der Waals surface area contributed by atoms with Crippen LogP contribution in [0.25, 0.3) is 0 Å². The lowest BCUT2D eigenvalue weighted by Crippen LogP contribution is -2.41. The van der Waals surface area contributed by atoms with E-state index < -0.39 is 34.8 Å². The first-order chi connectivity index (χ1) is 18.2. The molecular weight excluding hydrogens is 497 g/mol. The van der Waals surface area contributed by atoms with Gasteiger partial charge in [-0.3, -0.25) is 15.0 Å². The van der Waals surface area contributed by atoms with Crippen LogP contribution in [0.5, 0.6) is 0 Å². The minimum absolute atomic E-state index is 0.0411. The van der Waals surface area contributed by atoms with E-state index in [1.54, 1.807) is 19.1 Å². The molecule has 200 valence electrons. The number of halogens is 1. The van der Waals surface area contributed by atoms with E-state index in [0.717, 1.165) is 25.6 Å². The summed E-state index contributed by atoms with van der Waals surface area (Å²) >= 11 is 0. The Morgan fingerprint density at radius 3 is 2.61 bits per heavy atom. The molecule has 2 N–H and O–H groups in total.